The molecule has 0 rings (SSSR count). The third-order valence-corrected chi connectivity index (χ3v) is 14.3. The molecule has 0 radical (unpaired) electrons. The fourth-order valence-corrected chi connectivity index (χ4v) is 9.39. The SMILES string of the molecule is CCCC/C=C\C/C=C\CCCCCCCC(=O)OCCCCC/C=C\C/C=C\CCCCCCCCCC(=O)NC(CO)C(O)/C=C/CCCCCCCCCCCCCCCCCCCCCCCC. The summed E-state index contributed by atoms with van der Waals surface area (Å²) in [6.45, 7) is 4.82. The summed E-state index contributed by atoms with van der Waals surface area (Å²) in [5.41, 5.74) is 0. The molecule has 6 heteroatoms. The number of rotatable bonds is 58. The van der Waals surface area contributed by atoms with E-state index in [2.05, 4.69) is 67.8 Å². The maximum Gasteiger partial charge on any atom is 0.305 e. The van der Waals surface area contributed by atoms with Gasteiger partial charge in [-0.1, -0.05) is 274 Å². The summed E-state index contributed by atoms with van der Waals surface area (Å²) >= 11 is 0. The summed E-state index contributed by atoms with van der Waals surface area (Å²) in [5.74, 6) is -0.114. The van der Waals surface area contributed by atoms with Crippen molar-refractivity contribution < 1.29 is 24.5 Å². The molecule has 0 bridgehead atoms. The van der Waals surface area contributed by atoms with Gasteiger partial charge in [0.15, 0.2) is 0 Å². The summed E-state index contributed by atoms with van der Waals surface area (Å²) in [4.78, 5) is 24.5. The van der Waals surface area contributed by atoms with Crippen LogP contribution in [0.3, 0.4) is 0 Å². The third kappa shape index (κ3) is 56.8. The molecule has 2 unspecified atom stereocenters. The molecule has 0 aliphatic carbocycles. The fourth-order valence-electron chi connectivity index (χ4n) is 9.39. The molecule has 1 amide bonds. The van der Waals surface area contributed by atoms with Crippen LogP contribution in [-0.4, -0.2) is 47.4 Å². The van der Waals surface area contributed by atoms with Crippen LogP contribution in [0.2, 0.25) is 0 Å². The van der Waals surface area contributed by atoms with E-state index >= 15 is 0 Å². The van der Waals surface area contributed by atoms with Gasteiger partial charge in [0.1, 0.15) is 0 Å². The second-order valence-electron chi connectivity index (χ2n) is 21.4. The lowest BCUT2D eigenvalue weighted by Gasteiger charge is -2.20. The molecule has 420 valence electrons. The molecule has 3 N–H and O–H groups in total. The van der Waals surface area contributed by atoms with Crippen molar-refractivity contribution in [3.8, 4) is 0 Å². The summed E-state index contributed by atoms with van der Waals surface area (Å²) in [6, 6.07) is -0.643. The van der Waals surface area contributed by atoms with Gasteiger partial charge in [0, 0.05) is 12.8 Å². The minimum absolute atomic E-state index is 0.0313. The Morgan fingerprint density at radius 2 is 0.708 bits per heavy atom. The van der Waals surface area contributed by atoms with Gasteiger partial charge in [-0.05, 0) is 96.3 Å². The van der Waals surface area contributed by atoms with E-state index in [-0.39, 0.29) is 18.5 Å². The average molecular weight is 1010 g/mol. The van der Waals surface area contributed by atoms with Gasteiger partial charge in [-0.2, -0.15) is 0 Å². The molecule has 2 atom stereocenters. The Balaban J connectivity index is 3.53. The van der Waals surface area contributed by atoms with Crippen LogP contribution >= 0.6 is 0 Å². The zero-order valence-corrected chi connectivity index (χ0v) is 47.9. The number of unbranched alkanes of at least 4 members (excludes halogenated alkanes) is 39. The molecule has 0 aliphatic rings. The van der Waals surface area contributed by atoms with E-state index in [9.17, 15) is 19.8 Å². The van der Waals surface area contributed by atoms with Crippen molar-refractivity contribution >= 4 is 11.9 Å². The molecule has 0 aliphatic heterocycles. The first-order valence-corrected chi connectivity index (χ1v) is 31.6. The highest BCUT2D eigenvalue weighted by atomic mass is 16.5. The molecule has 0 aromatic carbocycles. The topological polar surface area (TPSA) is 95.9 Å². The predicted octanol–water partition coefficient (Wildman–Crippen LogP) is 19.9. The number of allylic oxidation sites excluding steroid dienone is 9. The van der Waals surface area contributed by atoms with Gasteiger partial charge < -0.3 is 20.3 Å². The summed E-state index contributed by atoms with van der Waals surface area (Å²) in [5, 5.41) is 23.2. The van der Waals surface area contributed by atoms with E-state index in [1.54, 1.807) is 6.08 Å². The monoisotopic (exact) mass is 1010 g/mol. The van der Waals surface area contributed by atoms with Crippen LogP contribution in [-0.2, 0) is 14.3 Å². The van der Waals surface area contributed by atoms with Gasteiger partial charge in [0.05, 0.1) is 25.4 Å². The first-order chi connectivity index (χ1) is 35.5. The summed E-state index contributed by atoms with van der Waals surface area (Å²) in [7, 11) is 0. The predicted molar refractivity (Wildman–Crippen MR) is 315 cm³/mol. The minimum Gasteiger partial charge on any atom is -0.466 e. The normalized spacial score (nSPS) is 13.0. The molecule has 0 aromatic rings. The Kier molecular flexibility index (Phi) is 59.0. The molecule has 0 fully saturated rings. The Labute approximate surface area is 448 Å². The molecule has 0 saturated heterocycles. The second kappa shape index (κ2) is 61.1. The smallest absolute Gasteiger partial charge is 0.305 e. The molecule has 72 heavy (non-hydrogen) atoms. The summed E-state index contributed by atoms with van der Waals surface area (Å²) < 4.78 is 5.44. The van der Waals surface area contributed by atoms with Crippen molar-refractivity contribution in [3.63, 3.8) is 0 Å². The van der Waals surface area contributed by atoms with Crippen LogP contribution in [0.15, 0.2) is 60.8 Å². The first kappa shape index (κ1) is 69.6. The lowest BCUT2D eigenvalue weighted by molar-refractivity contribution is -0.143. The minimum atomic E-state index is -0.858. The number of ether oxygens (including phenoxy) is 1. The second-order valence-corrected chi connectivity index (χ2v) is 21.4. The van der Waals surface area contributed by atoms with Crippen molar-refractivity contribution in [3.05, 3.63) is 60.8 Å². The highest BCUT2D eigenvalue weighted by Crippen LogP contribution is 2.17. The largest absolute Gasteiger partial charge is 0.466 e. The average Bonchev–Trinajstić information content (AvgIpc) is 3.38. The Morgan fingerprint density at radius 3 is 1.10 bits per heavy atom. The number of esters is 1. The van der Waals surface area contributed by atoms with Crippen LogP contribution in [0.25, 0.3) is 0 Å². The van der Waals surface area contributed by atoms with E-state index in [1.165, 1.54) is 199 Å². The molecule has 0 spiro atoms. The Hall–Kier alpha value is -2.44. The molecular weight excluding hydrogens is 887 g/mol. The van der Waals surface area contributed by atoms with E-state index < -0.39 is 12.1 Å². The van der Waals surface area contributed by atoms with Crippen molar-refractivity contribution in [2.24, 2.45) is 0 Å². The molecule has 6 nitrogen and oxygen atoms in total. The molecular formula is C66H121NO5. The van der Waals surface area contributed by atoms with Crippen LogP contribution in [0.4, 0.5) is 0 Å². The zero-order valence-electron chi connectivity index (χ0n) is 47.9. The van der Waals surface area contributed by atoms with E-state index in [0.29, 0.717) is 19.4 Å². The zero-order chi connectivity index (χ0) is 52.2. The number of carbonyl (C=O) groups is 2. The quantitative estimate of drug-likeness (QED) is 0.0320. The highest BCUT2D eigenvalue weighted by Gasteiger charge is 2.18. The molecule has 0 aromatic heterocycles. The fraction of sp³-hybridized carbons (Fsp3) is 0.818. The first-order valence-electron chi connectivity index (χ1n) is 31.6. The number of aliphatic hydroxyl groups is 2. The van der Waals surface area contributed by atoms with E-state index in [0.717, 1.165) is 96.3 Å². The number of hydrogen-bond acceptors (Lipinski definition) is 5. The maximum absolute atomic E-state index is 12.5. The van der Waals surface area contributed by atoms with Crippen LogP contribution in [0.5, 0.6) is 0 Å². The Morgan fingerprint density at radius 1 is 0.389 bits per heavy atom. The molecule has 0 heterocycles. The third-order valence-electron chi connectivity index (χ3n) is 14.3. The Bertz CT molecular complexity index is 1250. The number of nitrogens with one attached hydrogen (secondary N) is 1. The summed E-state index contributed by atoms with van der Waals surface area (Å²) in [6.07, 6.45) is 79.7. The standard InChI is InChI=1S/C66H121NO5/c1-3-5-7-9-11-13-15-17-19-20-21-22-23-24-25-26-28-31-34-38-42-46-50-54-58-64(69)63(62-68)67-65(70)59-55-51-47-43-39-35-32-29-27-30-33-37-41-45-49-53-57-61-72-66(71)60-56-52-48-44-40-36-18-16-14-12-10-8-6-4-2/h10,12,16,18,27,30,37,41,54,58,63-64,68-69H,3-9,11,13-15,17,19-26,28-29,31-36,38-40,42-53,55-57,59-62H2,1-2H3,(H,67,70)/b12-10-,18-16-,30-27-,41-37-,58-54+. The highest BCUT2D eigenvalue weighted by molar-refractivity contribution is 5.76. The number of carbonyl (C=O) groups excluding carboxylic acids is 2. The van der Waals surface area contributed by atoms with Crippen LogP contribution in [0.1, 0.15) is 322 Å². The van der Waals surface area contributed by atoms with Gasteiger partial charge in [-0.25, -0.2) is 0 Å². The van der Waals surface area contributed by atoms with Gasteiger partial charge >= 0.3 is 5.97 Å². The van der Waals surface area contributed by atoms with Crippen molar-refractivity contribution in [2.45, 2.75) is 334 Å². The molecule has 0 saturated carbocycles. The van der Waals surface area contributed by atoms with E-state index in [4.69, 9.17) is 4.74 Å². The van der Waals surface area contributed by atoms with E-state index in [1.807, 2.05) is 6.08 Å². The van der Waals surface area contributed by atoms with Gasteiger partial charge in [0.25, 0.3) is 0 Å². The van der Waals surface area contributed by atoms with Gasteiger partial charge in [-0.15, -0.1) is 0 Å². The van der Waals surface area contributed by atoms with Crippen LogP contribution in [0, 0.1) is 0 Å². The lowest BCUT2D eigenvalue weighted by Crippen LogP contribution is -2.45. The lowest BCUT2D eigenvalue weighted by atomic mass is 10.0. The van der Waals surface area contributed by atoms with Crippen molar-refractivity contribution in [1.29, 1.82) is 0 Å². The van der Waals surface area contributed by atoms with Gasteiger partial charge in [-0.3, -0.25) is 9.59 Å². The van der Waals surface area contributed by atoms with Crippen molar-refractivity contribution in [2.75, 3.05) is 13.2 Å². The maximum atomic E-state index is 12.5. The number of amides is 1. The van der Waals surface area contributed by atoms with Gasteiger partial charge in [0.2, 0.25) is 5.91 Å². The van der Waals surface area contributed by atoms with Crippen LogP contribution < -0.4 is 5.32 Å². The number of aliphatic hydroxyl groups excluding tert-OH is 2. The number of hydrogen-bond donors (Lipinski definition) is 3. The van der Waals surface area contributed by atoms with Crippen molar-refractivity contribution in [1.82, 2.24) is 5.32 Å².